The minimum Gasteiger partial charge on any atom is -0.480 e. The van der Waals surface area contributed by atoms with E-state index in [4.69, 9.17) is 0 Å². The van der Waals surface area contributed by atoms with Gasteiger partial charge in [-0.2, -0.15) is 0 Å². The molecule has 5 heteroatoms. The third kappa shape index (κ3) is 3.71. The SMILES string of the molecule is CC(C)C(=O)N1C(C(=O)O)CSC1c1ccc(C(C)(C)C)cc1. The predicted octanol–water partition coefficient (Wildman–Crippen LogP) is 3.67. The Balaban J connectivity index is 2.33. The molecule has 2 unspecified atom stereocenters. The van der Waals surface area contributed by atoms with Crippen LogP contribution in [-0.2, 0) is 15.0 Å². The Morgan fingerprint density at radius 3 is 2.22 bits per heavy atom. The van der Waals surface area contributed by atoms with Crippen LogP contribution in [0.25, 0.3) is 0 Å². The van der Waals surface area contributed by atoms with E-state index in [0.717, 1.165) is 5.56 Å². The van der Waals surface area contributed by atoms with Gasteiger partial charge in [-0.25, -0.2) is 4.79 Å². The smallest absolute Gasteiger partial charge is 0.327 e. The predicted molar refractivity (Wildman–Crippen MR) is 93.4 cm³/mol. The van der Waals surface area contributed by atoms with Crippen molar-refractivity contribution >= 4 is 23.6 Å². The van der Waals surface area contributed by atoms with Crippen LogP contribution in [0, 0.1) is 5.92 Å². The van der Waals surface area contributed by atoms with E-state index in [0.29, 0.717) is 5.75 Å². The second kappa shape index (κ2) is 6.56. The molecule has 1 aromatic carbocycles. The molecular weight excluding hydrogens is 310 g/mol. The first-order valence-corrected chi connectivity index (χ1v) is 8.95. The number of aliphatic carboxylic acids is 1. The lowest BCUT2D eigenvalue weighted by Gasteiger charge is -2.29. The van der Waals surface area contributed by atoms with Crippen molar-refractivity contribution in [3.8, 4) is 0 Å². The molecule has 1 aliphatic heterocycles. The quantitative estimate of drug-likeness (QED) is 0.916. The maximum Gasteiger partial charge on any atom is 0.327 e. The number of carboxylic acid groups (broad SMARTS) is 1. The van der Waals surface area contributed by atoms with Crippen LogP contribution in [0.5, 0.6) is 0 Å². The van der Waals surface area contributed by atoms with E-state index in [1.54, 1.807) is 4.90 Å². The number of carboxylic acids is 1. The molecule has 1 saturated heterocycles. The fourth-order valence-corrected chi connectivity index (χ4v) is 4.10. The number of hydrogen-bond donors (Lipinski definition) is 1. The highest BCUT2D eigenvalue weighted by molar-refractivity contribution is 7.99. The number of amides is 1. The van der Waals surface area contributed by atoms with Crippen LogP contribution in [0.1, 0.15) is 51.1 Å². The van der Waals surface area contributed by atoms with Gasteiger partial charge in [-0.05, 0) is 16.5 Å². The summed E-state index contributed by atoms with van der Waals surface area (Å²) in [4.78, 5) is 25.6. The molecule has 2 rings (SSSR count). The van der Waals surface area contributed by atoms with Crippen molar-refractivity contribution in [3.63, 3.8) is 0 Å². The van der Waals surface area contributed by atoms with E-state index in [2.05, 4.69) is 32.9 Å². The fourth-order valence-electron chi connectivity index (χ4n) is 2.67. The standard InChI is InChI=1S/C18H25NO3S/c1-11(2)15(20)19-14(17(21)22)10-23-16(19)12-6-8-13(9-7-12)18(3,4)5/h6-9,11,14,16H,10H2,1-5H3,(H,21,22). The zero-order chi connectivity index (χ0) is 17.4. The number of carbonyl (C=O) groups is 2. The number of thioether (sulfide) groups is 1. The largest absolute Gasteiger partial charge is 0.480 e. The lowest BCUT2D eigenvalue weighted by atomic mass is 9.86. The number of carbonyl (C=O) groups excluding carboxylic acids is 1. The van der Waals surface area contributed by atoms with Gasteiger partial charge in [-0.15, -0.1) is 11.8 Å². The normalized spacial score (nSPS) is 21.7. The molecule has 1 heterocycles. The first kappa shape index (κ1) is 17.9. The Kier molecular flexibility index (Phi) is 5.09. The van der Waals surface area contributed by atoms with Crippen molar-refractivity contribution in [1.29, 1.82) is 0 Å². The van der Waals surface area contributed by atoms with E-state index < -0.39 is 12.0 Å². The van der Waals surface area contributed by atoms with Crippen molar-refractivity contribution in [1.82, 2.24) is 4.90 Å². The van der Waals surface area contributed by atoms with Crippen molar-refractivity contribution in [2.45, 2.75) is 51.4 Å². The fraction of sp³-hybridized carbons (Fsp3) is 0.556. The van der Waals surface area contributed by atoms with Gasteiger partial charge in [0.2, 0.25) is 5.91 Å². The first-order valence-electron chi connectivity index (χ1n) is 7.90. The highest BCUT2D eigenvalue weighted by atomic mass is 32.2. The Hall–Kier alpha value is -1.49. The number of benzene rings is 1. The average Bonchev–Trinajstić information content (AvgIpc) is 2.90. The van der Waals surface area contributed by atoms with Crippen LogP contribution in [-0.4, -0.2) is 33.7 Å². The van der Waals surface area contributed by atoms with Crippen molar-refractivity contribution in [2.24, 2.45) is 5.92 Å². The summed E-state index contributed by atoms with van der Waals surface area (Å²) < 4.78 is 0. The molecule has 0 bridgehead atoms. The summed E-state index contributed by atoms with van der Waals surface area (Å²) in [5.41, 5.74) is 2.28. The van der Waals surface area contributed by atoms with Gasteiger partial charge in [-0.1, -0.05) is 58.9 Å². The zero-order valence-electron chi connectivity index (χ0n) is 14.4. The maximum absolute atomic E-state index is 12.5. The molecule has 0 aliphatic carbocycles. The van der Waals surface area contributed by atoms with E-state index in [1.165, 1.54) is 17.3 Å². The third-order valence-corrected chi connectivity index (χ3v) is 5.42. The van der Waals surface area contributed by atoms with Gasteiger partial charge in [0.1, 0.15) is 11.4 Å². The molecule has 1 amide bonds. The summed E-state index contributed by atoms with van der Waals surface area (Å²) in [6.07, 6.45) is 0. The molecule has 0 saturated carbocycles. The molecule has 4 nitrogen and oxygen atoms in total. The van der Waals surface area contributed by atoms with Gasteiger partial charge >= 0.3 is 5.97 Å². The number of rotatable bonds is 3. The molecular formula is C18H25NO3S. The summed E-state index contributed by atoms with van der Waals surface area (Å²) >= 11 is 1.52. The molecule has 0 spiro atoms. The van der Waals surface area contributed by atoms with Crippen LogP contribution in [0.4, 0.5) is 0 Å². The lowest BCUT2D eigenvalue weighted by Crippen LogP contribution is -2.44. The second-order valence-electron chi connectivity index (χ2n) is 7.31. The summed E-state index contributed by atoms with van der Waals surface area (Å²) in [7, 11) is 0. The molecule has 2 atom stereocenters. The number of hydrogen-bond acceptors (Lipinski definition) is 3. The van der Waals surface area contributed by atoms with E-state index in [1.807, 2.05) is 26.0 Å². The molecule has 126 valence electrons. The number of nitrogens with zero attached hydrogens (tertiary/aromatic N) is 1. The first-order chi connectivity index (χ1) is 10.6. The van der Waals surface area contributed by atoms with Gasteiger partial charge in [0.05, 0.1) is 0 Å². The lowest BCUT2D eigenvalue weighted by molar-refractivity contribution is -0.150. The van der Waals surface area contributed by atoms with Gasteiger partial charge < -0.3 is 10.0 Å². The highest BCUT2D eigenvalue weighted by Crippen LogP contribution is 2.42. The van der Waals surface area contributed by atoms with Crippen LogP contribution in [0.2, 0.25) is 0 Å². The Bertz CT molecular complexity index is 589. The molecule has 1 aromatic rings. The molecule has 1 aliphatic rings. The Labute approximate surface area is 142 Å². The van der Waals surface area contributed by atoms with Gasteiger partial charge in [0, 0.05) is 11.7 Å². The van der Waals surface area contributed by atoms with Crippen LogP contribution in [0.15, 0.2) is 24.3 Å². The average molecular weight is 335 g/mol. The summed E-state index contributed by atoms with van der Waals surface area (Å²) in [5.74, 6) is -0.820. The minimum absolute atomic E-state index is 0.0678. The summed E-state index contributed by atoms with van der Waals surface area (Å²) in [5, 5.41) is 9.20. The van der Waals surface area contributed by atoms with Crippen molar-refractivity contribution in [3.05, 3.63) is 35.4 Å². The summed E-state index contributed by atoms with van der Waals surface area (Å²) in [6.45, 7) is 10.1. The van der Waals surface area contributed by atoms with Crippen LogP contribution >= 0.6 is 11.8 Å². The summed E-state index contributed by atoms with van der Waals surface area (Å²) in [6, 6.07) is 7.43. The maximum atomic E-state index is 12.5. The van der Waals surface area contributed by atoms with Crippen LogP contribution in [0.3, 0.4) is 0 Å². The third-order valence-electron chi connectivity index (χ3n) is 4.10. The minimum atomic E-state index is -0.930. The van der Waals surface area contributed by atoms with E-state index >= 15 is 0 Å². The Morgan fingerprint density at radius 1 is 1.22 bits per heavy atom. The van der Waals surface area contributed by atoms with E-state index in [9.17, 15) is 14.7 Å². The van der Waals surface area contributed by atoms with Crippen LogP contribution < -0.4 is 0 Å². The molecule has 1 fully saturated rings. The molecule has 23 heavy (non-hydrogen) atoms. The molecule has 0 aromatic heterocycles. The Morgan fingerprint density at radius 2 is 1.78 bits per heavy atom. The topological polar surface area (TPSA) is 57.6 Å². The van der Waals surface area contributed by atoms with Gasteiger partial charge in [-0.3, -0.25) is 4.79 Å². The highest BCUT2D eigenvalue weighted by Gasteiger charge is 2.42. The molecule has 1 N–H and O–H groups in total. The zero-order valence-corrected chi connectivity index (χ0v) is 15.2. The monoisotopic (exact) mass is 335 g/mol. The van der Waals surface area contributed by atoms with E-state index in [-0.39, 0.29) is 22.6 Å². The van der Waals surface area contributed by atoms with Crippen molar-refractivity contribution in [2.75, 3.05) is 5.75 Å². The second-order valence-corrected chi connectivity index (χ2v) is 8.43. The molecule has 0 radical (unpaired) electrons. The van der Waals surface area contributed by atoms with Crippen molar-refractivity contribution < 1.29 is 14.7 Å². The van der Waals surface area contributed by atoms with Gasteiger partial charge in [0.15, 0.2) is 0 Å². The van der Waals surface area contributed by atoms with Gasteiger partial charge in [0.25, 0.3) is 0 Å².